The molecule has 0 bridgehead atoms. The number of rotatable bonds is 7. The first kappa shape index (κ1) is 15.7. The standard InChI is InChI=1S/C12H21N3O3S/c1-9(2)18-7-6-15-12-8-10(4-5-11(12)13)19(16,17)14-3/h4-5,8-9,14-15H,6-7,13H2,1-3H3. The molecule has 0 fully saturated rings. The SMILES string of the molecule is CNS(=O)(=O)c1ccc(N)c(NCCOC(C)C)c1. The first-order chi connectivity index (χ1) is 8.86. The van der Waals surface area contributed by atoms with Crippen LogP contribution in [-0.2, 0) is 14.8 Å². The molecule has 1 aromatic carbocycles. The largest absolute Gasteiger partial charge is 0.397 e. The fraction of sp³-hybridized carbons (Fsp3) is 0.500. The number of hydrogen-bond donors (Lipinski definition) is 3. The van der Waals surface area contributed by atoms with Gasteiger partial charge in [0.05, 0.1) is 29.0 Å². The molecule has 0 saturated heterocycles. The minimum Gasteiger partial charge on any atom is -0.397 e. The minimum absolute atomic E-state index is 0.162. The van der Waals surface area contributed by atoms with E-state index in [1.807, 2.05) is 13.8 Å². The summed E-state index contributed by atoms with van der Waals surface area (Å²) in [6.07, 6.45) is 0.162. The summed E-state index contributed by atoms with van der Waals surface area (Å²) in [5.41, 5.74) is 6.88. The van der Waals surface area contributed by atoms with E-state index in [1.165, 1.54) is 19.2 Å². The van der Waals surface area contributed by atoms with Gasteiger partial charge in [-0.05, 0) is 39.1 Å². The van der Waals surface area contributed by atoms with Crippen LogP contribution in [0.15, 0.2) is 23.1 Å². The molecule has 19 heavy (non-hydrogen) atoms. The average Bonchev–Trinajstić information content (AvgIpc) is 2.36. The number of benzene rings is 1. The van der Waals surface area contributed by atoms with Gasteiger partial charge in [0.25, 0.3) is 0 Å². The van der Waals surface area contributed by atoms with Crippen molar-refractivity contribution in [3.8, 4) is 0 Å². The van der Waals surface area contributed by atoms with E-state index in [-0.39, 0.29) is 11.0 Å². The van der Waals surface area contributed by atoms with E-state index in [2.05, 4.69) is 10.0 Å². The zero-order chi connectivity index (χ0) is 14.5. The lowest BCUT2D eigenvalue weighted by Crippen LogP contribution is -2.19. The number of anilines is 2. The lowest BCUT2D eigenvalue weighted by atomic mass is 10.2. The van der Waals surface area contributed by atoms with E-state index in [1.54, 1.807) is 6.07 Å². The molecule has 1 rings (SSSR count). The van der Waals surface area contributed by atoms with Crippen molar-refractivity contribution < 1.29 is 13.2 Å². The van der Waals surface area contributed by atoms with Gasteiger partial charge in [-0.1, -0.05) is 0 Å². The third-order valence-corrected chi connectivity index (χ3v) is 3.88. The van der Waals surface area contributed by atoms with Gasteiger partial charge in [0, 0.05) is 6.54 Å². The molecule has 0 aliphatic carbocycles. The molecule has 0 aliphatic heterocycles. The Bertz CT molecular complexity index is 515. The van der Waals surface area contributed by atoms with Gasteiger partial charge in [-0.15, -0.1) is 0 Å². The van der Waals surface area contributed by atoms with Gasteiger partial charge >= 0.3 is 0 Å². The van der Waals surface area contributed by atoms with Gasteiger partial charge in [-0.25, -0.2) is 13.1 Å². The Morgan fingerprint density at radius 3 is 2.63 bits per heavy atom. The van der Waals surface area contributed by atoms with E-state index in [9.17, 15) is 8.42 Å². The van der Waals surface area contributed by atoms with Gasteiger partial charge < -0.3 is 15.8 Å². The van der Waals surface area contributed by atoms with Gasteiger partial charge in [0.2, 0.25) is 10.0 Å². The molecule has 0 saturated carbocycles. The van der Waals surface area contributed by atoms with Crippen molar-refractivity contribution in [2.75, 3.05) is 31.2 Å². The molecule has 0 spiro atoms. The molecule has 1 aromatic rings. The summed E-state index contributed by atoms with van der Waals surface area (Å²) in [7, 11) is -2.09. The smallest absolute Gasteiger partial charge is 0.240 e. The van der Waals surface area contributed by atoms with Crippen LogP contribution in [0.5, 0.6) is 0 Å². The number of sulfonamides is 1. The van der Waals surface area contributed by atoms with Gasteiger partial charge in [-0.3, -0.25) is 0 Å². The molecular weight excluding hydrogens is 266 g/mol. The van der Waals surface area contributed by atoms with E-state index < -0.39 is 10.0 Å². The molecule has 0 radical (unpaired) electrons. The molecule has 0 aliphatic rings. The topological polar surface area (TPSA) is 93.5 Å². The van der Waals surface area contributed by atoms with Crippen LogP contribution in [0.3, 0.4) is 0 Å². The second kappa shape index (κ2) is 6.74. The van der Waals surface area contributed by atoms with Crippen molar-refractivity contribution in [1.29, 1.82) is 0 Å². The summed E-state index contributed by atoms with van der Waals surface area (Å²) in [5, 5.41) is 3.06. The summed E-state index contributed by atoms with van der Waals surface area (Å²) in [5.74, 6) is 0. The van der Waals surface area contributed by atoms with Crippen LogP contribution < -0.4 is 15.8 Å². The number of ether oxygens (including phenoxy) is 1. The summed E-state index contributed by atoms with van der Waals surface area (Å²) in [4.78, 5) is 0.177. The summed E-state index contributed by atoms with van der Waals surface area (Å²) in [6.45, 7) is 4.99. The minimum atomic E-state index is -3.46. The van der Waals surface area contributed by atoms with Crippen LogP contribution in [-0.4, -0.2) is 34.7 Å². The normalized spacial score (nSPS) is 11.8. The van der Waals surface area contributed by atoms with E-state index >= 15 is 0 Å². The lowest BCUT2D eigenvalue weighted by Gasteiger charge is -2.12. The van der Waals surface area contributed by atoms with Gasteiger partial charge in [0.1, 0.15) is 0 Å². The zero-order valence-corrected chi connectivity index (χ0v) is 12.3. The number of nitrogens with two attached hydrogens (primary N) is 1. The van der Waals surface area contributed by atoms with E-state index in [4.69, 9.17) is 10.5 Å². The Morgan fingerprint density at radius 2 is 2.05 bits per heavy atom. The monoisotopic (exact) mass is 287 g/mol. The highest BCUT2D eigenvalue weighted by Gasteiger charge is 2.12. The maximum atomic E-state index is 11.7. The quantitative estimate of drug-likeness (QED) is 0.514. The van der Waals surface area contributed by atoms with Crippen molar-refractivity contribution in [1.82, 2.24) is 4.72 Å². The first-order valence-corrected chi connectivity index (χ1v) is 7.53. The molecule has 0 amide bonds. The maximum Gasteiger partial charge on any atom is 0.240 e. The van der Waals surface area contributed by atoms with Crippen LogP contribution in [0.25, 0.3) is 0 Å². The van der Waals surface area contributed by atoms with Crippen molar-refractivity contribution in [2.45, 2.75) is 24.8 Å². The van der Waals surface area contributed by atoms with Crippen LogP contribution in [0, 0.1) is 0 Å². The zero-order valence-electron chi connectivity index (χ0n) is 11.4. The van der Waals surface area contributed by atoms with E-state index in [0.29, 0.717) is 24.5 Å². The van der Waals surface area contributed by atoms with Crippen molar-refractivity contribution in [3.63, 3.8) is 0 Å². The molecule has 0 unspecified atom stereocenters. The van der Waals surface area contributed by atoms with Gasteiger partial charge in [-0.2, -0.15) is 0 Å². The molecule has 7 heteroatoms. The lowest BCUT2D eigenvalue weighted by molar-refractivity contribution is 0.0870. The van der Waals surface area contributed by atoms with Crippen LogP contribution in [0.2, 0.25) is 0 Å². The second-order valence-corrected chi connectivity index (χ2v) is 6.19. The highest BCUT2D eigenvalue weighted by molar-refractivity contribution is 7.89. The molecule has 0 atom stereocenters. The van der Waals surface area contributed by atoms with Crippen molar-refractivity contribution >= 4 is 21.4 Å². The fourth-order valence-electron chi connectivity index (χ4n) is 1.45. The highest BCUT2D eigenvalue weighted by atomic mass is 32.2. The first-order valence-electron chi connectivity index (χ1n) is 6.05. The molecule has 0 aromatic heterocycles. The third-order valence-electron chi connectivity index (χ3n) is 2.47. The summed E-state index contributed by atoms with van der Waals surface area (Å²) in [6, 6.07) is 4.55. The van der Waals surface area contributed by atoms with Crippen molar-refractivity contribution in [2.24, 2.45) is 0 Å². The Labute approximate surface area is 114 Å². The Morgan fingerprint density at radius 1 is 1.37 bits per heavy atom. The Kier molecular flexibility index (Phi) is 5.59. The predicted molar refractivity (Wildman–Crippen MR) is 76.7 cm³/mol. The predicted octanol–water partition coefficient (Wildman–Crippen LogP) is 1.01. The number of nitrogen functional groups attached to an aromatic ring is 1. The molecule has 108 valence electrons. The Balaban J connectivity index is 2.75. The Hall–Kier alpha value is -1.31. The fourth-order valence-corrected chi connectivity index (χ4v) is 2.21. The maximum absolute atomic E-state index is 11.7. The van der Waals surface area contributed by atoms with Crippen molar-refractivity contribution in [3.05, 3.63) is 18.2 Å². The average molecular weight is 287 g/mol. The molecule has 0 heterocycles. The van der Waals surface area contributed by atoms with Gasteiger partial charge in [0.15, 0.2) is 0 Å². The van der Waals surface area contributed by atoms with E-state index in [0.717, 1.165) is 0 Å². The number of nitrogens with one attached hydrogen (secondary N) is 2. The number of hydrogen-bond acceptors (Lipinski definition) is 5. The van der Waals surface area contributed by atoms with Crippen LogP contribution in [0.4, 0.5) is 11.4 Å². The summed E-state index contributed by atoms with van der Waals surface area (Å²) < 4.78 is 31.0. The molecule has 4 N–H and O–H groups in total. The second-order valence-electron chi connectivity index (χ2n) is 4.30. The molecule has 6 nitrogen and oxygen atoms in total. The third kappa shape index (κ3) is 4.70. The van der Waals surface area contributed by atoms with Crippen LogP contribution in [0.1, 0.15) is 13.8 Å². The molecular formula is C12H21N3O3S. The highest BCUT2D eigenvalue weighted by Crippen LogP contribution is 2.22. The van der Waals surface area contributed by atoms with Crippen LogP contribution >= 0.6 is 0 Å². The summed E-state index contributed by atoms with van der Waals surface area (Å²) >= 11 is 0.